The molecule has 0 aliphatic carbocycles. The van der Waals surface area contributed by atoms with Gasteiger partial charge in [0.1, 0.15) is 0 Å². The van der Waals surface area contributed by atoms with Gasteiger partial charge in [0, 0.05) is 0 Å². The summed E-state index contributed by atoms with van der Waals surface area (Å²) >= 11 is 6.82. The summed E-state index contributed by atoms with van der Waals surface area (Å²) in [6, 6.07) is 24.0. The van der Waals surface area contributed by atoms with Gasteiger partial charge >= 0.3 is 0 Å². The summed E-state index contributed by atoms with van der Waals surface area (Å²) in [5.41, 5.74) is 8.50. The zero-order valence-electron chi connectivity index (χ0n) is 15.7. The zero-order chi connectivity index (χ0) is 19.7. The van der Waals surface area contributed by atoms with E-state index in [9.17, 15) is 0 Å². The predicted octanol–water partition coefficient (Wildman–Crippen LogP) is 6.80. The van der Waals surface area contributed by atoms with Crippen LogP contribution < -0.4 is 0 Å². The molecule has 0 amide bonds. The molecule has 0 N–H and O–H groups in total. The summed E-state index contributed by atoms with van der Waals surface area (Å²) in [7, 11) is 0. The molecule has 3 aromatic carbocycles. The highest BCUT2D eigenvalue weighted by Gasteiger charge is 2.10. The fourth-order valence-electron chi connectivity index (χ4n) is 3.18. The number of hydrogen-bond acceptors (Lipinski definition) is 2. The maximum absolute atomic E-state index is 4.41. The van der Waals surface area contributed by atoms with Gasteiger partial charge in [-0.1, -0.05) is 59.7 Å². The van der Waals surface area contributed by atoms with Gasteiger partial charge in [0.25, 0.3) is 0 Å². The van der Waals surface area contributed by atoms with Crippen molar-refractivity contribution in [2.24, 2.45) is 0 Å². The molecule has 3 nitrogen and oxygen atoms in total. The Bertz CT molecular complexity index is 1050. The number of hydrogen-bond donors (Lipinski definition) is 0. The van der Waals surface area contributed by atoms with Crippen LogP contribution in [0.4, 0.5) is 0 Å². The molecule has 5 heteroatoms. The minimum atomic E-state index is 0.577. The van der Waals surface area contributed by atoms with Gasteiger partial charge in [-0.25, -0.2) is 4.68 Å². The third-order valence-corrected chi connectivity index (χ3v) is 5.62. The van der Waals surface area contributed by atoms with Crippen molar-refractivity contribution < 1.29 is 0 Å². The van der Waals surface area contributed by atoms with E-state index in [1.807, 2.05) is 4.68 Å². The fraction of sp³-hybridized carbons (Fsp3) is 0.130. The maximum atomic E-state index is 4.41. The Hall–Kier alpha value is -2.24. The van der Waals surface area contributed by atoms with E-state index in [1.54, 1.807) is 0 Å². The summed E-state index contributed by atoms with van der Waals surface area (Å²) < 4.78 is 3.13. The molecule has 0 saturated carbocycles. The molecule has 0 fully saturated rings. The van der Waals surface area contributed by atoms with Crippen molar-refractivity contribution in [2.45, 2.75) is 20.4 Å². The van der Waals surface area contributed by atoms with Crippen molar-refractivity contribution >= 4 is 31.9 Å². The Labute approximate surface area is 181 Å². The first kappa shape index (κ1) is 19.1. The molecule has 1 heterocycles. The number of nitrogens with zero attached hydrogens (tertiary/aromatic N) is 3. The molecule has 0 atom stereocenters. The summed E-state index contributed by atoms with van der Waals surface area (Å²) in [4.78, 5) is 4.27. The van der Waals surface area contributed by atoms with Crippen LogP contribution in [0.3, 0.4) is 0 Å². The molecule has 0 saturated heterocycles. The van der Waals surface area contributed by atoms with Crippen LogP contribution in [0.1, 0.15) is 16.7 Å². The average molecular weight is 497 g/mol. The molecule has 0 spiro atoms. The van der Waals surface area contributed by atoms with E-state index in [0.29, 0.717) is 16.0 Å². The van der Waals surface area contributed by atoms with Crippen molar-refractivity contribution in [3.8, 4) is 22.3 Å². The lowest BCUT2D eigenvalue weighted by Gasteiger charge is -2.12. The standard InChI is InChI=1S/C23H19Br2N3/c1-15-3-7-18(8-4-15)20-11-17(14-28-23(25)26-22(24)27-28)12-21(13-20)19-9-5-16(2)6-10-19/h3-13H,14H2,1-2H3. The van der Waals surface area contributed by atoms with Crippen LogP contribution in [0, 0.1) is 13.8 Å². The van der Waals surface area contributed by atoms with E-state index >= 15 is 0 Å². The van der Waals surface area contributed by atoms with Crippen molar-refractivity contribution in [1.29, 1.82) is 0 Å². The van der Waals surface area contributed by atoms with Gasteiger partial charge in [0.15, 0.2) is 4.73 Å². The molecule has 0 radical (unpaired) electrons. The summed E-state index contributed by atoms with van der Waals surface area (Å²) in [6.45, 7) is 4.85. The Kier molecular flexibility index (Phi) is 5.47. The van der Waals surface area contributed by atoms with E-state index < -0.39 is 0 Å². The van der Waals surface area contributed by atoms with E-state index in [0.717, 1.165) is 0 Å². The number of halogens is 2. The van der Waals surface area contributed by atoms with E-state index in [2.05, 4.69) is 123 Å². The number of benzene rings is 3. The quantitative estimate of drug-likeness (QED) is 0.311. The van der Waals surface area contributed by atoms with Crippen LogP contribution in [0.15, 0.2) is 76.2 Å². The molecule has 0 bridgehead atoms. The molecule has 0 aliphatic heterocycles. The minimum absolute atomic E-state index is 0.577. The van der Waals surface area contributed by atoms with Gasteiger partial charge in [0.2, 0.25) is 4.73 Å². The van der Waals surface area contributed by atoms with Crippen LogP contribution >= 0.6 is 31.9 Å². The van der Waals surface area contributed by atoms with Gasteiger partial charge in [-0.05, 0) is 91.7 Å². The van der Waals surface area contributed by atoms with Crippen LogP contribution in [0.5, 0.6) is 0 Å². The van der Waals surface area contributed by atoms with Crippen molar-refractivity contribution in [3.63, 3.8) is 0 Å². The average Bonchev–Trinajstić information content (AvgIpc) is 2.99. The molecule has 1 aromatic heterocycles. The third kappa shape index (κ3) is 4.26. The molecular formula is C23H19Br2N3. The second kappa shape index (κ2) is 8.02. The summed E-state index contributed by atoms with van der Waals surface area (Å²) in [6.07, 6.45) is 0. The molecular weight excluding hydrogens is 478 g/mol. The van der Waals surface area contributed by atoms with E-state index in [1.165, 1.54) is 38.9 Å². The lowest BCUT2D eigenvalue weighted by Crippen LogP contribution is -2.03. The van der Waals surface area contributed by atoms with Crippen molar-refractivity contribution in [1.82, 2.24) is 14.8 Å². The second-order valence-electron chi connectivity index (χ2n) is 6.96. The number of aromatic nitrogens is 3. The first-order valence-corrected chi connectivity index (χ1v) is 10.6. The summed E-state index contributed by atoms with van der Waals surface area (Å²) in [5, 5.41) is 4.41. The Morgan fingerprint density at radius 1 is 0.714 bits per heavy atom. The largest absolute Gasteiger partial charge is 0.235 e. The molecule has 0 aliphatic rings. The van der Waals surface area contributed by atoms with Crippen LogP contribution in [0.2, 0.25) is 0 Å². The normalized spacial score (nSPS) is 11.0. The number of aryl methyl sites for hydroxylation is 2. The van der Waals surface area contributed by atoms with Crippen LogP contribution in [-0.2, 0) is 6.54 Å². The Morgan fingerprint density at radius 3 is 1.64 bits per heavy atom. The first-order chi connectivity index (χ1) is 13.5. The lowest BCUT2D eigenvalue weighted by atomic mass is 9.95. The lowest BCUT2D eigenvalue weighted by molar-refractivity contribution is 0.665. The first-order valence-electron chi connectivity index (χ1n) is 9.02. The van der Waals surface area contributed by atoms with Crippen molar-refractivity contribution in [2.75, 3.05) is 0 Å². The monoisotopic (exact) mass is 495 g/mol. The topological polar surface area (TPSA) is 30.7 Å². The van der Waals surface area contributed by atoms with Crippen LogP contribution in [0.25, 0.3) is 22.3 Å². The minimum Gasteiger partial charge on any atom is -0.235 e. The van der Waals surface area contributed by atoms with E-state index in [4.69, 9.17) is 0 Å². The van der Waals surface area contributed by atoms with Gasteiger partial charge in [-0.2, -0.15) is 4.98 Å². The van der Waals surface area contributed by atoms with Gasteiger partial charge < -0.3 is 0 Å². The van der Waals surface area contributed by atoms with Gasteiger partial charge in [-0.3, -0.25) is 0 Å². The van der Waals surface area contributed by atoms with Crippen molar-refractivity contribution in [3.05, 3.63) is 92.9 Å². The predicted molar refractivity (Wildman–Crippen MR) is 121 cm³/mol. The highest BCUT2D eigenvalue weighted by atomic mass is 79.9. The third-order valence-electron chi connectivity index (χ3n) is 4.70. The SMILES string of the molecule is Cc1ccc(-c2cc(Cn3nc(Br)nc3Br)cc(-c3ccc(C)cc3)c2)cc1. The zero-order valence-corrected chi connectivity index (χ0v) is 18.8. The summed E-state index contributed by atoms with van der Waals surface area (Å²) in [5.74, 6) is 0. The highest BCUT2D eigenvalue weighted by Crippen LogP contribution is 2.29. The van der Waals surface area contributed by atoms with Gasteiger partial charge in [0.05, 0.1) is 6.54 Å². The highest BCUT2D eigenvalue weighted by molar-refractivity contribution is 9.11. The molecule has 4 rings (SSSR count). The number of rotatable bonds is 4. The van der Waals surface area contributed by atoms with Crippen LogP contribution in [-0.4, -0.2) is 14.8 Å². The smallest absolute Gasteiger partial charge is 0.218 e. The Balaban J connectivity index is 1.81. The maximum Gasteiger partial charge on any atom is 0.218 e. The molecule has 0 unspecified atom stereocenters. The molecule has 28 heavy (non-hydrogen) atoms. The fourth-order valence-corrected chi connectivity index (χ4v) is 4.15. The van der Waals surface area contributed by atoms with Gasteiger partial charge in [-0.15, -0.1) is 5.10 Å². The molecule has 4 aromatic rings. The Morgan fingerprint density at radius 2 is 1.21 bits per heavy atom. The molecule has 140 valence electrons. The second-order valence-corrected chi connectivity index (χ2v) is 8.38. The van der Waals surface area contributed by atoms with E-state index in [-0.39, 0.29) is 0 Å².